The van der Waals surface area contributed by atoms with E-state index in [0.29, 0.717) is 0 Å². The number of amides is 3. The molecule has 0 radical (unpaired) electrons. The fourth-order valence-electron chi connectivity index (χ4n) is 3.79. The summed E-state index contributed by atoms with van der Waals surface area (Å²) in [5.41, 5.74) is 2.43. The average molecular weight is 532 g/mol. The number of alkyl carbamates (subject to hydrolysis) is 1. The van der Waals surface area contributed by atoms with E-state index in [9.17, 15) is 19.2 Å². The molecule has 0 aliphatic rings. The smallest absolute Gasteiger partial charge is 0.408 e. The first kappa shape index (κ1) is 28.9. The highest BCUT2D eigenvalue weighted by Gasteiger charge is 2.28. The van der Waals surface area contributed by atoms with E-state index >= 15 is 0 Å². The molecule has 3 aromatic rings. The molecule has 0 aliphatic carbocycles. The van der Waals surface area contributed by atoms with Crippen LogP contribution in [-0.4, -0.2) is 49.1 Å². The zero-order valence-corrected chi connectivity index (χ0v) is 21.8. The van der Waals surface area contributed by atoms with Crippen LogP contribution in [0.3, 0.4) is 0 Å². The van der Waals surface area contributed by atoms with E-state index in [0.717, 1.165) is 16.7 Å². The summed E-state index contributed by atoms with van der Waals surface area (Å²) >= 11 is 0. The maximum Gasteiger partial charge on any atom is 0.408 e. The van der Waals surface area contributed by atoms with E-state index in [-0.39, 0.29) is 32.6 Å². The van der Waals surface area contributed by atoms with Gasteiger partial charge < -0.3 is 25.4 Å². The minimum absolute atomic E-state index is 0.0409. The van der Waals surface area contributed by atoms with Crippen LogP contribution in [0.2, 0.25) is 0 Å². The van der Waals surface area contributed by atoms with Crippen LogP contribution in [0.4, 0.5) is 4.79 Å². The summed E-state index contributed by atoms with van der Waals surface area (Å²) in [5, 5.41) is 7.90. The molecular formula is C30H33N3O6. The molecule has 0 saturated carbocycles. The van der Waals surface area contributed by atoms with Gasteiger partial charge in [0.2, 0.25) is 11.8 Å². The van der Waals surface area contributed by atoms with E-state index in [1.54, 1.807) is 6.92 Å². The molecule has 0 aromatic heterocycles. The van der Waals surface area contributed by atoms with Crippen molar-refractivity contribution in [2.75, 3.05) is 13.2 Å². The third-order valence-corrected chi connectivity index (χ3v) is 5.73. The molecule has 0 fully saturated rings. The summed E-state index contributed by atoms with van der Waals surface area (Å²) in [6.45, 7) is 1.57. The molecule has 9 nitrogen and oxygen atoms in total. The number of rotatable bonds is 13. The second kappa shape index (κ2) is 15.6. The van der Waals surface area contributed by atoms with Gasteiger partial charge in [0.25, 0.3) is 0 Å². The first-order chi connectivity index (χ1) is 18.9. The molecule has 0 unspecified atom stereocenters. The Balaban J connectivity index is 1.72. The van der Waals surface area contributed by atoms with Crippen LogP contribution in [0, 0.1) is 0 Å². The van der Waals surface area contributed by atoms with Gasteiger partial charge in [-0.3, -0.25) is 14.4 Å². The highest BCUT2D eigenvalue weighted by molar-refractivity contribution is 5.92. The molecule has 204 valence electrons. The van der Waals surface area contributed by atoms with Crippen molar-refractivity contribution in [2.45, 2.75) is 38.5 Å². The van der Waals surface area contributed by atoms with E-state index in [1.807, 2.05) is 91.0 Å². The molecule has 3 aromatic carbocycles. The van der Waals surface area contributed by atoms with Crippen LogP contribution in [-0.2, 0) is 43.3 Å². The van der Waals surface area contributed by atoms with Gasteiger partial charge in [-0.15, -0.1) is 0 Å². The predicted molar refractivity (Wildman–Crippen MR) is 145 cm³/mol. The van der Waals surface area contributed by atoms with Crippen LogP contribution in [0.15, 0.2) is 91.0 Å². The standard InChI is InChI=1S/C30H33N3O6/c1-2-38-27(34)20-31-28(35)25(18-22-12-6-3-7-13-22)32-29(36)26(19-23-14-8-4-9-15-23)33-30(37)39-21-24-16-10-5-11-17-24/h3-17,25-26H,2,18-21H2,1H3,(H,31,35)(H,32,36)(H,33,37)/t25-,26+/m1/s1. The van der Waals surface area contributed by atoms with Gasteiger partial charge in [-0.2, -0.15) is 0 Å². The largest absolute Gasteiger partial charge is 0.465 e. The first-order valence-electron chi connectivity index (χ1n) is 12.7. The van der Waals surface area contributed by atoms with E-state index < -0.39 is 36.0 Å². The van der Waals surface area contributed by atoms with Crippen molar-refractivity contribution >= 4 is 23.9 Å². The van der Waals surface area contributed by atoms with E-state index in [2.05, 4.69) is 16.0 Å². The summed E-state index contributed by atoms with van der Waals surface area (Å²) in [7, 11) is 0. The average Bonchev–Trinajstić information content (AvgIpc) is 2.96. The minimum atomic E-state index is -1.02. The van der Waals surface area contributed by atoms with Crippen molar-refractivity contribution in [2.24, 2.45) is 0 Å². The fraction of sp³-hybridized carbons (Fsp3) is 0.267. The van der Waals surface area contributed by atoms with Crippen molar-refractivity contribution < 1.29 is 28.7 Å². The number of carbonyl (C=O) groups excluding carboxylic acids is 4. The van der Waals surface area contributed by atoms with E-state index in [1.165, 1.54) is 0 Å². The lowest BCUT2D eigenvalue weighted by molar-refractivity contribution is -0.143. The number of ether oxygens (including phenoxy) is 2. The molecule has 0 spiro atoms. The molecule has 0 heterocycles. The zero-order chi connectivity index (χ0) is 27.9. The highest BCUT2D eigenvalue weighted by Crippen LogP contribution is 2.08. The Bertz CT molecular complexity index is 1210. The van der Waals surface area contributed by atoms with Gasteiger partial charge in [0.05, 0.1) is 6.61 Å². The van der Waals surface area contributed by atoms with Gasteiger partial charge in [0, 0.05) is 12.8 Å². The molecule has 2 atom stereocenters. The lowest BCUT2D eigenvalue weighted by Crippen LogP contribution is -2.55. The lowest BCUT2D eigenvalue weighted by atomic mass is 10.0. The maximum atomic E-state index is 13.5. The third-order valence-electron chi connectivity index (χ3n) is 5.73. The van der Waals surface area contributed by atoms with Crippen LogP contribution < -0.4 is 16.0 Å². The quantitative estimate of drug-likeness (QED) is 0.292. The van der Waals surface area contributed by atoms with Crippen LogP contribution in [0.25, 0.3) is 0 Å². The highest BCUT2D eigenvalue weighted by atomic mass is 16.5. The summed E-state index contributed by atoms with van der Waals surface area (Å²) in [6.07, 6.45) is -0.408. The monoisotopic (exact) mass is 531 g/mol. The predicted octanol–water partition coefficient (Wildman–Crippen LogP) is 2.93. The molecule has 0 saturated heterocycles. The number of benzene rings is 3. The molecule has 0 aliphatic heterocycles. The third kappa shape index (κ3) is 10.3. The number of hydrogen-bond acceptors (Lipinski definition) is 6. The SMILES string of the molecule is CCOC(=O)CNC(=O)[C@@H](Cc1ccccc1)NC(=O)[C@H](Cc1ccccc1)NC(=O)OCc1ccccc1. The molecule has 3 rings (SSSR count). The Morgan fingerprint density at radius 1 is 0.641 bits per heavy atom. The minimum Gasteiger partial charge on any atom is -0.465 e. The van der Waals surface area contributed by atoms with Crippen LogP contribution in [0.1, 0.15) is 23.6 Å². The molecule has 9 heteroatoms. The molecular weight excluding hydrogens is 498 g/mol. The Labute approximate surface area is 227 Å². The number of carbonyl (C=O) groups is 4. The summed E-state index contributed by atoms with van der Waals surface area (Å²) in [5.74, 6) is -1.70. The van der Waals surface area contributed by atoms with Gasteiger partial charge in [0.15, 0.2) is 0 Å². The van der Waals surface area contributed by atoms with E-state index in [4.69, 9.17) is 9.47 Å². The maximum absolute atomic E-state index is 13.5. The Morgan fingerprint density at radius 2 is 1.13 bits per heavy atom. The zero-order valence-electron chi connectivity index (χ0n) is 21.8. The molecule has 3 amide bonds. The topological polar surface area (TPSA) is 123 Å². The van der Waals surface area contributed by atoms with Gasteiger partial charge in [-0.25, -0.2) is 4.79 Å². The number of hydrogen-bond donors (Lipinski definition) is 3. The summed E-state index contributed by atoms with van der Waals surface area (Å²) < 4.78 is 10.2. The summed E-state index contributed by atoms with van der Waals surface area (Å²) in [4.78, 5) is 50.8. The number of esters is 1. The lowest BCUT2D eigenvalue weighted by Gasteiger charge is -2.23. The second-order valence-corrected chi connectivity index (χ2v) is 8.72. The Kier molecular flexibility index (Phi) is 11.5. The van der Waals surface area contributed by atoms with Crippen molar-refractivity contribution in [1.29, 1.82) is 0 Å². The second-order valence-electron chi connectivity index (χ2n) is 8.72. The Morgan fingerprint density at radius 3 is 1.64 bits per heavy atom. The van der Waals surface area contributed by atoms with Gasteiger partial charge in [0.1, 0.15) is 25.2 Å². The van der Waals surface area contributed by atoms with Gasteiger partial charge in [-0.1, -0.05) is 91.0 Å². The summed E-state index contributed by atoms with van der Waals surface area (Å²) in [6, 6.07) is 25.5. The molecule has 3 N–H and O–H groups in total. The van der Waals surface area contributed by atoms with Crippen LogP contribution in [0.5, 0.6) is 0 Å². The normalized spacial score (nSPS) is 11.9. The first-order valence-corrected chi connectivity index (χ1v) is 12.7. The van der Waals surface area contributed by atoms with Gasteiger partial charge in [-0.05, 0) is 23.6 Å². The molecule has 0 bridgehead atoms. The van der Waals surface area contributed by atoms with Crippen molar-refractivity contribution in [3.63, 3.8) is 0 Å². The van der Waals surface area contributed by atoms with Gasteiger partial charge >= 0.3 is 12.1 Å². The van der Waals surface area contributed by atoms with Crippen LogP contribution >= 0.6 is 0 Å². The Hall–Kier alpha value is -4.66. The van der Waals surface area contributed by atoms with Crippen molar-refractivity contribution in [3.8, 4) is 0 Å². The fourth-order valence-corrected chi connectivity index (χ4v) is 3.79. The van der Waals surface area contributed by atoms with Crippen molar-refractivity contribution in [3.05, 3.63) is 108 Å². The number of nitrogens with one attached hydrogen (secondary N) is 3. The van der Waals surface area contributed by atoms with Crippen molar-refractivity contribution in [1.82, 2.24) is 16.0 Å². The molecule has 39 heavy (non-hydrogen) atoms.